The predicted octanol–water partition coefficient (Wildman–Crippen LogP) is 2.20. The third-order valence-corrected chi connectivity index (χ3v) is 4.14. The third kappa shape index (κ3) is 6.90. The van der Waals surface area contributed by atoms with Gasteiger partial charge in [-0.05, 0) is 30.2 Å². The van der Waals surface area contributed by atoms with Crippen LogP contribution in [0.4, 0.5) is 4.39 Å². The second kappa shape index (κ2) is 10.9. The Kier molecular flexibility index (Phi) is 8.27. The highest BCUT2D eigenvalue weighted by atomic mass is 19.1. The number of methoxy groups -OCH3 is 1. The molecule has 150 valence electrons. The molecule has 7 heteroatoms. The molecule has 0 saturated carbocycles. The van der Waals surface area contributed by atoms with Crippen molar-refractivity contribution in [3.05, 3.63) is 65.5 Å². The van der Waals surface area contributed by atoms with Crippen molar-refractivity contribution in [3.8, 4) is 5.75 Å². The zero-order chi connectivity index (χ0) is 20.4. The van der Waals surface area contributed by atoms with Crippen molar-refractivity contribution < 1.29 is 13.9 Å². The molecule has 2 aromatic rings. The van der Waals surface area contributed by atoms with Gasteiger partial charge in [-0.1, -0.05) is 30.3 Å². The van der Waals surface area contributed by atoms with Crippen molar-refractivity contribution in [2.45, 2.75) is 13.0 Å². The average Bonchev–Trinajstić information content (AvgIpc) is 2.70. The van der Waals surface area contributed by atoms with Gasteiger partial charge in [-0.2, -0.15) is 0 Å². The number of carbonyl (C=O) groups is 1. The van der Waals surface area contributed by atoms with Crippen molar-refractivity contribution in [1.29, 1.82) is 0 Å². The summed E-state index contributed by atoms with van der Waals surface area (Å²) in [5.41, 5.74) is 1.64. The Balaban J connectivity index is 1.96. The molecule has 0 atom stereocenters. The molecular weight excluding hydrogens is 359 g/mol. The number of nitrogens with one attached hydrogen (secondary N) is 2. The number of ether oxygens (including phenoxy) is 1. The van der Waals surface area contributed by atoms with Gasteiger partial charge in [0.05, 0.1) is 20.2 Å². The molecule has 28 heavy (non-hydrogen) atoms. The van der Waals surface area contributed by atoms with Crippen LogP contribution in [0.1, 0.15) is 11.1 Å². The highest BCUT2D eigenvalue weighted by Crippen LogP contribution is 2.11. The van der Waals surface area contributed by atoms with Gasteiger partial charge in [0.1, 0.15) is 11.6 Å². The van der Waals surface area contributed by atoms with E-state index in [1.807, 2.05) is 24.3 Å². The molecule has 2 rings (SSSR count). The number of likely N-dealkylation sites (N-methyl/N-ethyl adjacent to an activating group) is 1. The molecule has 0 radical (unpaired) electrons. The smallest absolute Gasteiger partial charge is 0.241 e. The van der Waals surface area contributed by atoms with Gasteiger partial charge in [-0.15, -0.1) is 0 Å². The SMILES string of the molecule is COc1ccc(CCNC(=NCc2ccccc2F)NCC(=O)N(C)C)cc1. The van der Waals surface area contributed by atoms with E-state index in [1.165, 1.54) is 11.0 Å². The van der Waals surface area contributed by atoms with Crippen molar-refractivity contribution in [2.75, 3.05) is 34.3 Å². The van der Waals surface area contributed by atoms with Crippen LogP contribution < -0.4 is 15.4 Å². The normalized spacial score (nSPS) is 11.1. The van der Waals surface area contributed by atoms with Gasteiger partial charge >= 0.3 is 0 Å². The van der Waals surface area contributed by atoms with E-state index in [2.05, 4.69) is 15.6 Å². The highest BCUT2D eigenvalue weighted by molar-refractivity contribution is 5.86. The van der Waals surface area contributed by atoms with Gasteiger partial charge < -0.3 is 20.3 Å². The van der Waals surface area contributed by atoms with Crippen LogP contribution in [0.5, 0.6) is 5.75 Å². The summed E-state index contributed by atoms with van der Waals surface area (Å²) in [5.74, 6) is 0.906. The largest absolute Gasteiger partial charge is 0.497 e. The Bertz CT molecular complexity index is 791. The molecule has 0 heterocycles. The number of rotatable bonds is 8. The lowest BCUT2D eigenvalue weighted by Crippen LogP contribution is -2.43. The second-order valence-electron chi connectivity index (χ2n) is 6.42. The van der Waals surface area contributed by atoms with Crippen LogP contribution in [0.3, 0.4) is 0 Å². The minimum atomic E-state index is -0.298. The molecule has 2 aromatic carbocycles. The van der Waals surface area contributed by atoms with Crippen LogP contribution in [-0.4, -0.2) is 51.1 Å². The second-order valence-corrected chi connectivity index (χ2v) is 6.42. The fourth-order valence-electron chi connectivity index (χ4n) is 2.40. The van der Waals surface area contributed by atoms with Crippen LogP contribution in [0, 0.1) is 5.82 Å². The number of hydrogen-bond donors (Lipinski definition) is 2. The summed E-state index contributed by atoms with van der Waals surface area (Å²) in [6.45, 7) is 0.908. The van der Waals surface area contributed by atoms with E-state index in [4.69, 9.17) is 4.74 Å². The zero-order valence-corrected chi connectivity index (χ0v) is 16.5. The molecule has 0 aliphatic heterocycles. The molecule has 1 amide bonds. The first kappa shape index (κ1) is 21.2. The lowest BCUT2D eigenvalue weighted by Gasteiger charge is -2.15. The molecule has 0 aromatic heterocycles. The summed E-state index contributed by atoms with van der Waals surface area (Å²) in [4.78, 5) is 17.7. The summed E-state index contributed by atoms with van der Waals surface area (Å²) in [5, 5.41) is 6.20. The summed E-state index contributed by atoms with van der Waals surface area (Å²) in [6, 6.07) is 14.3. The first-order valence-electron chi connectivity index (χ1n) is 9.08. The number of carbonyl (C=O) groups excluding carboxylic acids is 1. The maximum Gasteiger partial charge on any atom is 0.241 e. The van der Waals surface area contributed by atoms with E-state index in [-0.39, 0.29) is 24.8 Å². The Morgan fingerprint density at radius 3 is 2.46 bits per heavy atom. The zero-order valence-electron chi connectivity index (χ0n) is 16.5. The van der Waals surface area contributed by atoms with Crippen molar-refractivity contribution in [2.24, 2.45) is 4.99 Å². The van der Waals surface area contributed by atoms with Gasteiger partial charge in [-0.3, -0.25) is 4.79 Å². The molecule has 0 aliphatic rings. The van der Waals surface area contributed by atoms with Crippen LogP contribution >= 0.6 is 0 Å². The number of amides is 1. The van der Waals surface area contributed by atoms with E-state index in [0.29, 0.717) is 18.1 Å². The molecule has 2 N–H and O–H groups in total. The number of hydrogen-bond acceptors (Lipinski definition) is 3. The lowest BCUT2D eigenvalue weighted by molar-refractivity contribution is -0.127. The molecule has 0 saturated heterocycles. The maximum atomic E-state index is 13.8. The Hall–Kier alpha value is -3.09. The summed E-state index contributed by atoms with van der Waals surface area (Å²) < 4.78 is 19.0. The van der Waals surface area contributed by atoms with E-state index in [0.717, 1.165) is 17.7 Å². The topological polar surface area (TPSA) is 66.0 Å². The standard InChI is InChI=1S/C21H27FN4O2/c1-26(2)20(27)15-25-21(24-14-17-6-4-5-7-19(17)22)23-13-12-16-8-10-18(28-3)11-9-16/h4-11H,12-15H2,1-3H3,(H2,23,24,25). The fraction of sp³-hybridized carbons (Fsp3) is 0.333. The molecule has 0 unspecified atom stereocenters. The van der Waals surface area contributed by atoms with E-state index < -0.39 is 0 Å². The van der Waals surface area contributed by atoms with Crippen molar-refractivity contribution >= 4 is 11.9 Å². The van der Waals surface area contributed by atoms with Gasteiger partial charge in [-0.25, -0.2) is 9.38 Å². The van der Waals surface area contributed by atoms with Gasteiger partial charge in [0.2, 0.25) is 5.91 Å². The van der Waals surface area contributed by atoms with Gasteiger partial charge in [0.25, 0.3) is 0 Å². The summed E-state index contributed by atoms with van der Waals surface area (Å²) in [6.07, 6.45) is 0.770. The van der Waals surface area contributed by atoms with Crippen LogP contribution in [0.2, 0.25) is 0 Å². The third-order valence-electron chi connectivity index (χ3n) is 4.14. The Morgan fingerprint density at radius 2 is 1.82 bits per heavy atom. The van der Waals surface area contributed by atoms with E-state index in [9.17, 15) is 9.18 Å². The Labute approximate surface area is 165 Å². The van der Waals surface area contributed by atoms with Crippen LogP contribution in [0.25, 0.3) is 0 Å². The van der Waals surface area contributed by atoms with Crippen LogP contribution in [-0.2, 0) is 17.8 Å². The minimum absolute atomic E-state index is 0.0736. The van der Waals surface area contributed by atoms with Gasteiger partial charge in [0, 0.05) is 26.2 Å². The number of benzene rings is 2. The monoisotopic (exact) mass is 386 g/mol. The van der Waals surface area contributed by atoms with Crippen LogP contribution in [0.15, 0.2) is 53.5 Å². The Morgan fingerprint density at radius 1 is 1.11 bits per heavy atom. The number of halogens is 1. The average molecular weight is 386 g/mol. The van der Waals surface area contributed by atoms with E-state index >= 15 is 0 Å². The predicted molar refractivity (Wildman–Crippen MR) is 109 cm³/mol. The number of guanidine groups is 1. The molecular formula is C21H27FN4O2. The fourth-order valence-corrected chi connectivity index (χ4v) is 2.40. The number of aliphatic imine (C=N–C) groups is 1. The minimum Gasteiger partial charge on any atom is -0.497 e. The van der Waals surface area contributed by atoms with Crippen molar-refractivity contribution in [1.82, 2.24) is 15.5 Å². The van der Waals surface area contributed by atoms with Crippen molar-refractivity contribution in [3.63, 3.8) is 0 Å². The quantitative estimate of drug-likeness (QED) is 0.539. The molecule has 0 spiro atoms. The maximum absolute atomic E-state index is 13.8. The molecule has 0 bridgehead atoms. The number of nitrogens with zero attached hydrogens (tertiary/aromatic N) is 2. The summed E-state index contributed by atoms with van der Waals surface area (Å²) in [7, 11) is 5.02. The van der Waals surface area contributed by atoms with Gasteiger partial charge in [0.15, 0.2) is 5.96 Å². The van der Waals surface area contributed by atoms with E-state index in [1.54, 1.807) is 39.4 Å². The highest BCUT2D eigenvalue weighted by Gasteiger charge is 2.07. The molecule has 0 fully saturated rings. The first-order chi connectivity index (χ1) is 13.5. The lowest BCUT2D eigenvalue weighted by atomic mass is 10.1. The molecule has 0 aliphatic carbocycles. The molecule has 6 nitrogen and oxygen atoms in total. The first-order valence-corrected chi connectivity index (χ1v) is 9.08. The summed E-state index contributed by atoms with van der Waals surface area (Å²) >= 11 is 0.